The summed E-state index contributed by atoms with van der Waals surface area (Å²) < 4.78 is 40.0. The lowest BCUT2D eigenvalue weighted by Crippen LogP contribution is -2.47. The fraction of sp³-hybridized carbons (Fsp3) is 0.259. The molecule has 0 saturated carbocycles. The lowest BCUT2D eigenvalue weighted by Gasteiger charge is -2.32. The number of amides is 2. The van der Waals surface area contributed by atoms with Crippen LogP contribution >= 0.6 is 0 Å². The van der Waals surface area contributed by atoms with Crippen molar-refractivity contribution in [3.05, 3.63) is 76.6 Å². The average Bonchev–Trinajstić information content (AvgIpc) is 3.37. The molecule has 3 aromatic rings. The third-order valence-electron chi connectivity index (χ3n) is 6.82. The maximum Gasteiger partial charge on any atom is 0.416 e. The standard InChI is InChI=1S/C27H25F3N4O2/c1-16-21(26(36)34-11-9-33(2)10-12-34)15-31-23(16)14-20-24-19(7-4-8-22(24)32-25(20)35)17-5-3-6-18(13-17)27(28,29)30/h3-8,13-15,31H,9-12H2,1-2H3,(H,32,35). The number of piperazine rings is 1. The van der Waals surface area contributed by atoms with E-state index >= 15 is 0 Å². The van der Waals surface area contributed by atoms with Crippen LogP contribution in [0.5, 0.6) is 0 Å². The predicted octanol–water partition coefficient (Wildman–Crippen LogP) is 4.89. The summed E-state index contributed by atoms with van der Waals surface area (Å²) in [5.41, 5.74) is 3.35. The van der Waals surface area contributed by atoms with Gasteiger partial charge in [-0.25, -0.2) is 0 Å². The number of carbonyl (C=O) groups excluding carboxylic acids is 2. The zero-order valence-corrected chi connectivity index (χ0v) is 19.9. The van der Waals surface area contributed by atoms with Gasteiger partial charge in [-0.1, -0.05) is 24.3 Å². The van der Waals surface area contributed by atoms with Crippen LogP contribution in [-0.4, -0.2) is 59.8 Å². The fourth-order valence-electron chi connectivity index (χ4n) is 4.70. The van der Waals surface area contributed by atoms with E-state index in [-0.39, 0.29) is 11.8 Å². The molecular formula is C27H25F3N4O2. The van der Waals surface area contributed by atoms with Gasteiger partial charge in [-0.3, -0.25) is 9.59 Å². The Labute approximate surface area is 206 Å². The van der Waals surface area contributed by atoms with Crippen molar-refractivity contribution in [2.75, 3.05) is 38.5 Å². The first-order valence-electron chi connectivity index (χ1n) is 11.6. The van der Waals surface area contributed by atoms with E-state index in [0.717, 1.165) is 25.2 Å². The van der Waals surface area contributed by atoms with Gasteiger partial charge in [0.2, 0.25) is 0 Å². The normalized spacial score (nSPS) is 17.4. The summed E-state index contributed by atoms with van der Waals surface area (Å²) in [5, 5.41) is 2.80. The van der Waals surface area contributed by atoms with Gasteiger partial charge in [0.1, 0.15) is 0 Å². The molecule has 3 heterocycles. The van der Waals surface area contributed by atoms with Gasteiger partial charge in [0.05, 0.1) is 16.7 Å². The number of aromatic amines is 1. The molecule has 1 aromatic heterocycles. The first-order valence-corrected chi connectivity index (χ1v) is 11.6. The molecule has 2 N–H and O–H groups in total. The van der Waals surface area contributed by atoms with Crippen LogP contribution in [0.3, 0.4) is 0 Å². The molecule has 2 aromatic carbocycles. The van der Waals surface area contributed by atoms with Crippen molar-refractivity contribution in [1.29, 1.82) is 0 Å². The molecule has 2 aliphatic rings. The van der Waals surface area contributed by atoms with Crippen molar-refractivity contribution in [2.24, 2.45) is 0 Å². The highest BCUT2D eigenvalue weighted by Crippen LogP contribution is 2.42. The second-order valence-electron chi connectivity index (χ2n) is 9.16. The Kier molecular flexibility index (Phi) is 5.96. The van der Waals surface area contributed by atoms with E-state index in [1.807, 2.05) is 18.9 Å². The number of rotatable bonds is 3. The molecule has 1 saturated heterocycles. The molecule has 2 aliphatic heterocycles. The fourth-order valence-corrected chi connectivity index (χ4v) is 4.70. The van der Waals surface area contributed by atoms with Crippen molar-refractivity contribution in [1.82, 2.24) is 14.8 Å². The highest BCUT2D eigenvalue weighted by molar-refractivity contribution is 6.36. The Bertz CT molecular complexity index is 1380. The van der Waals surface area contributed by atoms with Crippen LogP contribution < -0.4 is 5.32 Å². The number of fused-ring (bicyclic) bond motifs is 1. The van der Waals surface area contributed by atoms with Crippen LogP contribution in [-0.2, 0) is 11.0 Å². The summed E-state index contributed by atoms with van der Waals surface area (Å²) in [6.07, 6.45) is -1.17. The smallest absolute Gasteiger partial charge is 0.361 e. The number of likely N-dealkylation sites (N-methyl/N-ethyl adjacent to an activating group) is 1. The molecule has 1 fully saturated rings. The molecule has 0 aliphatic carbocycles. The molecule has 6 nitrogen and oxygen atoms in total. The van der Waals surface area contributed by atoms with E-state index in [4.69, 9.17) is 0 Å². The maximum absolute atomic E-state index is 13.3. The summed E-state index contributed by atoms with van der Waals surface area (Å²) in [7, 11) is 2.02. The van der Waals surface area contributed by atoms with Crippen molar-refractivity contribution in [3.63, 3.8) is 0 Å². The predicted molar refractivity (Wildman–Crippen MR) is 132 cm³/mol. The molecule has 0 bridgehead atoms. The minimum atomic E-state index is -4.48. The number of H-pyrrole nitrogens is 1. The van der Waals surface area contributed by atoms with Gasteiger partial charge in [0.25, 0.3) is 11.8 Å². The van der Waals surface area contributed by atoms with Crippen molar-refractivity contribution < 1.29 is 22.8 Å². The van der Waals surface area contributed by atoms with Crippen LogP contribution in [0.25, 0.3) is 22.8 Å². The van der Waals surface area contributed by atoms with Crippen LogP contribution in [0, 0.1) is 6.92 Å². The first-order chi connectivity index (χ1) is 17.1. The Morgan fingerprint density at radius 2 is 1.78 bits per heavy atom. The quantitative estimate of drug-likeness (QED) is 0.510. The van der Waals surface area contributed by atoms with E-state index in [0.29, 0.717) is 57.9 Å². The van der Waals surface area contributed by atoms with Gasteiger partial charge in [-0.05, 0) is 54.9 Å². The summed E-state index contributed by atoms with van der Waals surface area (Å²) >= 11 is 0. The highest BCUT2D eigenvalue weighted by atomic mass is 19.4. The third-order valence-corrected chi connectivity index (χ3v) is 6.82. The van der Waals surface area contributed by atoms with Crippen LogP contribution in [0.4, 0.5) is 18.9 Å². The molecule has 2 amide bonds. The number of alkyl halides is 3. The minimum Gasteiger partial charge on any atom is -0.361 e. The molecule has 0 unspecified atom stereocenters. The number of aromatic nitrogens is 1. The van der Waals surface area contributed by atoms with Gasteiger partial charge in [-0.2, -0.15) is 13.2 Å². The largest absolute Gasteiger partial charge is 0.416 e. The molecule has 0 spiro atoms. The van der Waals surface area contributed by atoms with Crippen molar-refractivity contribution >= 4 is 29.2 Å². The van der Waals surface area contributed by atoms with Gasteiger partial charge < -0.3 is 20.1 Å². The van der Waals surface area contributed by atoms with E-state index in [9.17, 15) is 22.8 Å². The monoisotopic (exact) mass is 494 g/mol. The third kappa shape index (κ3) is 4.30. The molecule has 0 atom stereocenters. The van der Waals surface area contributed by atoms with Gasteiger partial charge in [0.15, 0.2) is 0 Å². The Hall–Kier alpha value is -3.85. The number of nitrogens with zero attached hydrogens (tertiary/aromatic N) is 2. The number of hydrogen-bond acceptors (Lipinski definition) is 3. The van der Waals surface area contributed by atoms with E-state index in [2.05, 4.69) is 15.2 Å². The number of nitrogens with one attached hydrogen (secondary N) is 2. The lowest BCUT2D eigenvalue weighted by molar-refractivity contribution is -0.137. The number of anilines is 1. The van der Waals surface area contributed by atoms with E-state index in [1.54, 1.807) is 36.5 Å². The van der Waals surface area contributed by atoms with E-state index < -0.39 is 11.7 Å². The topological polar surface area (TPSA) is 68.4 Å². The van der Waals surface area contributed by atoms with Crippen LogP contribution in [0.1, 0.15) is 32.7 Å². The van der Waals surface area contributed by atoms with Gasteiger partial charge in [0, 0.05) is 49.3 Å². The van der Waals surface area contributed by atoms with Crippen LogP contribution in [0.15, 0.2) is 48.7 Å². The van der Waals surface area contributed by atoms with Gasteiger partial charge in [-0.15, -0.1) is 0 Å². The molecule has 5 rings (SSSR count). The maximum atomic E-state index is 13.3. The summed E-state index contributed by atoms with van der Waals surface area (Å²) in [6, 6.07) is 10.2. The highest BCUT2D eigenvalue weighted by Gasteiger charge is 2.32. The summed E-state index contributed by atoms with van der Waals surface area (Å²) in [4.78, 5) is 33.1. The molecule has 9 heteroatoms. The summed E-state index contributed by atoms with van der Waals surface area (Å²) in [6.45, 7) is 4.72. The molecule has 36 heavy (non-hydrogen) atoms. The van der Waals surface area contributed by atoms with Crippen molar-refractivity contribution in [2.45, 2.75) is 13.1 Å². The SMILES string of the molecule is Cc1c(C(=O)N2CCN(C)CC2)c[nH]c1C=C1C(=O)Nc2cccc(-c3cccc(C(F)(F)F)c3)c21. The Morgan fingerprint density at radius 1 is 1.06 bits per heavy atom. The Balaban J connectivity index is 1.53. The molecular weight excluding hydrogens is 469 g/mol. The number of halogens is 3. The minimum absolute atomic E-state index is 0.0672. The number of benzene rings is 2. The van der Waals surface area contributed by atoms with E-state index in [1.165, 1.54) is 6.07 Å². The molecule has 0 radical (unpaired) electrons. The average molecular weight is 495 g/mol. The Morgan fingerprint density at radius 3 is 2.50 bits per heavy atom. The molecule has 186 valence electrons. The summed E-state index contributed by atoms with van der Waals surface area (Å²) in [5.74, 6) is -0.423. The van der Waals surface area contributed by atoms with Gasteiger partial charge >= 0.3 is 6.18 Å². The zero-order chi connectivity index (χ0) is 25.6. The number of hydrogen-bond donors (Lipinski definition) is 2. The number of carbonyl (C=O) groups is 2. The first kappa shape index (κ1) is 23.9. The van der Waals surface area contributed by atoms with Crippen LogP contribution in [0.2, 0.25) is 0 Å². The zero-order valence-electron chi connectivity index (χ0n) is 19.9. The second-order valence-corrected chi connectivity index (χ2v) is 9.16. The lowest BCUT2D eigenvalue weighted by atomic mass is 9.93. The second kappa shape index (κ2) is 8.98. The van der Waals surface area contributed by atoms with Crippen molar-refractivity contribution in [3.8, 4) is 11.1 Å².